The SMILES string of the molecule is O=C(O)[C@@]1(O)C[C@@H](O)[C@H](O)[C@]2(CO2)C1. The van der Waals surface area contributed by atoms with Gasteiger partial charge in [0, 0.05) is 12.8 Å². The lowest BCUT2D eigenvalue weighted by molar-refractivity contribution is -0.181. The molecule has 1 aliphatic heterocycles. The van der Waals surface area contributed by atoms with Gasteiger partial charge in [-0.25, -0.2) is 4.79 Å². The Kier molecular flexibility index (Phi) is 1.87. The summed E-state index contributed by atoms with van der Waals surface area (Å²) in [5, 5.41) is 37.3. The van der Waals surface area contributed by atoms with Gasteiger partial charge in [0.05, 0.1) is 12.7 Å². The molecule has 1 aliphatic carbocycles. The Balaban J connectivity index is 2.23. The lowest BCUT2D eigenvalue weighted by Gasteiger charge is -2.38. The Labute approximate surface area is 79.7 Å². The van der Waals surface area contributed by atoms with E-state index in [1.165, 1.54) is 0 Å². The molecule has 1 heterocycles. The summed E-state index contributed by atoms with van der Waals surface area (Å²) in [4.78, 5) is 10.7. The Morgan fingerprint density at radius 3 is 2.43 bits per heavy atom. The molecule has 4 N–H and O–H groups in total. The van der Waals surface area contributed by atoms with Crippen molar-refractivity contribution in [1.82, 2.24) is 0 Å². The Hall–Kier alpha value is -0.690. The number of aliphatic hydroxyl groups is 3. The van der Waals surface area contributed by atoms with E-state index in [1.807, 2.05) is 0 Å². The number of aliphatic carboxylic acids is 1. The van der Waals surface area contributed by atoms with E-state index < -0.39 is 29.4 Å². The van der Waals surface area contributed by atoms with Gasteiger partial charge in [-0.2, -0.15) is 0 Å². The molecule has 1 saturated carbocycles. The topological polar surface area (TPSA) is 111 Å². The van der Waals surface area contributed by atoms with Crippen LogP contribution in [0.4, 0.5) is 0 Å². The molecule has 2 rings (SSSR count). The molecule has 80 valence electrons. The highest BCUT2D eigenvalue weighted by molar-refractivity contribution is 5.77. The van der Waals surface area contributed by atoms with Gasteiger partial charge in [-0.05, 0) is 0 Å². The predicted octanol–water partition coefficient (Wildman–Crippen LogP) is -1.91. The third kappa shape index (κ3) is 1.23. The molecule has 2 aliphatic rings. The number of aliphatic hydroxyl groups excluding tert-OH is 2. The van der Waals surface area contributed by atoms with Crippen molar-refractivity contribution in [3.63, 3.8) is 0 Å². The summed E-state index contributed by atoms with van der Waals surface area (Å²) in [5.74, 6) is -1.39. The van der Waals surface area contributed by atoms with E-state index in [0.717, 1.165) is 0 Å². The van der Waals surface area contributed by atoms with Gasteiger partial charge in [-0.3, -0.25) is 0 Å². The van der Waals surface area contributed by atoms with E-state index in [4.69, 9.17) is 9.84 Å². The van der Waals surface area contributed by atoms with E-state index in [1.54, 1.807) is 0 Å². The van der Waals surface area contributed by atoms with Gasteiger partial charge in [-0.15, -0.1) is 0 Å². The fourth-order valence-electron chi connectivity index (χ4n) is 2.01. The zero-order chi connectivity index (χ0) is 10.6. The van der Waals surface area contributed by atoms with Crippen LogP contribution in [-0.2, 0) is 9.53 Å². The normalized spacial score (nSPS) is 51.9. The van der Waals surface area contributed by atoms with Crippen molar-refractivity contribution in [2.75, 3.05) is 6.61 Å². The van der Waals surface area contributed by atoms with Crippen LogP contribution in [0.15, 0.2) is 0 Å². The summed E-state index contributed by atoms with van der Waals surface area (Å²) in [6, 6.07) is 0. The summed E-state index contributed by atoms with van der Waals surface area (Å²) in [6.07, 6.45) is -2.91. The highest BCUT2D eigenvalue weighted by Crippen LogP contribution is 2.46. The minimum Gasteiger partial charge on any atom is -0.479 e. The molecule has 0 bridgehead atoms. The van der Waals surface area contributed by atoms with E-state index in [0.29, 0.717) is 0 Å². The van der Waals surface area contributed by atoms with Crippen LogP contribution < -0.4 is 0 Å². The summed E-state index contributed by atoms with van der Waals surface area (Å²) in [7, 11) is 0. The Morgan fingerprint density at radius 1 is 1.43 bits per heavy atom. The molecule has 2 fully saturated rings. The van der Waals surface area contributed by atoms with Crippen LogP contribution in [-0.4, -0.2) is 56.4 Å². The van der Waals surface area contributed by atoms with Crippen LogP contribution >= 0.6 is 0 Å². The highest BCUT2D eigenvalue weighted by atomic mass is 16.6. The first-order chi connectivity index (χ1) is 6.40. The van der Waals surface area contributed by atoms with Crippen LogP contribution in [0.2, 0.25) is 0 Å². The van der Waals surface area contributed by atoms with Crippen molar-refractivity contribution < 1.29 is 30.0 Å². The van der Waals surface area contributed by atoms with Crippen LogP contribution in [0.25, 0.3) is 0 Å². The molecular weight excluding hydrogens is 192 g/mol. The van der Waals surface area contributed by atoms with Crippen LogP contribution in [0.3, 0.4) is 0 Å². The van der Waals surface area contributed by atoms with Crippen molar-refractivity contribution in [3.8, 4) is 0 Å². The van der Waals surface area contributed by atoms with Crippen molar-refractivity contribution in [2.45, 2.75) is 36.3 Å². The molecule has 14 heavy (non-hydrogen) atoms. The maximum absolute atomic E-state index is 10.7. The molecule has 0 unspecified atom stereocenters. The smallest absolute Gasteiger partial charge is 0.335 e. The first-order valence-electron chi connectivity index (χ1n) is 4.36. The van der Waals surface area contributed by atoms with E-state index >= 15 is 0 Å². The second-order valence-electron chi connectivity index (χ2n) is 4.08. The molecule has 6 heteroatoms. The van der Waals surface area contributed by atoms with E-state index in [9.17, 15) is 20.1 Å². The monoisotopic (exact) mass is 204 g/mol. The predicted molar refractivity (Wildman–Crippen MR) is 42.5 cm³/mol. The number of carboxylic acid groups (broad SMARTS) is 1. The first kappa shape index (κ1) is 9.85. The molecule has 0 aromatic rings. The van der Waals surface area contributed by atoms with Crippen molar-refractivity contribution >= 4 is 5.97 Å². The van der Waals surface area contributed by atoms with E-state index in [-0.39, 0.29) is 19.4 Å². The zero-order valence-electron chi connectivity index (χ0n) is 7.38. The first-order valence-corrected chi connectivity index (χ1v) is 4.36. The quantitative estimate of drug-likeness (QED) is 0.371. The second-order valence-corrected chi connectivity index (χ2v) is 4.08. The van der Waals surface area contributed by atoms with Gasteiger partial charge < -0.3 is 25.2 Å². The maximum Gasteiger partial charge on any atom is 0.335 e. The lowest BCUT2D eigenvalue weighted by atomic mass is 9.75. The molecule has 0 aromatic carbocycles. The second kappa shape index (κ2) is 2.66. The fourth-order valence-corrected chi connectivity index (χ4v) is 2.01. The number of rotatable bonds is 1. The van der Waals surface area contributed by atoms with Gasteiger partial charge in [0.1, 0.15) is 11.7 Å². The van der Waals surface area contributed by atoms with Crippen molar-refractivity contribution in [3.05, 3.63) is 0 Å². The molecule has 1 spiro atoms. The molecule has 0 amide bonds. The van der Waals surface area contributed by atoms with Gasteiger partial charge >= 0.3 is 5.97 Å². The molecular formula is C8H12O6. The van der Waals surface area contributed by atoms with Crippen LogP contribution in [0.5, 0.6) is 0 Å². The molecule has 0 aromatic heterocycles. The maximum atomic E-state index is 10.7. The standard InChI is InChI=1S/C8H12O6/c9-4-1-7(13,6(11)12)2-8(3-14-8)5(4)10/h4-5,9-10,13H,1-3H2,(H,11,12)/t4-,5+,7-,8-/m1/s1. The number of carboxylic acids is 1. The Morgan fingerprint density at radius 2 is 2.00 bits per heavy atom. The third-order valence-electron chi connectivity index (χ3n) is 2.96. The summed E-state index contributed by atoms with van der Waals surface area (Å²) < 4.78 is 4.93. The summed E-state index contributed by atoms with van der Waals surface area (Å²) >= 11 is 0. The van der Waals surface area contributed by atoms with E-state index in [2.05, 4.69) is 0 Å². The molecule has 4 atom stereocenters. The summed E-state index contributed by atoms with van der Waals surface area (Å²) in [5.41, 5.74) is -3.04. The number of carbonyl (C=O) groups is 1. The minimum absolute atomic E-state index is 0.173. The van der Waals surface area contributed by atoms with Gasteiger partial charge in [0.25, 0.3) is 0 Å². The zero-order valence-corrected chi connectivity index (χ0v) is 7.38. The average molecular weight is 204 g/mol. The van der Waals surface area contributed by atoms with Crippen LogP contribution in [0.1, 0.15) is 12.8 Å². The number of epoxide rings is 1. The summed E-state index contributed by atoms with van der Waals surface area (Å²) in [6.45, 7) is 0.181. The molecule has 0 radical (unpaired) electrons. The van der Waals surface area contributed by atoms with Crippen LogP contribution in [0, 0.1) is 0 Å². The van der Waals surface area contributed by atoms with Gasteiger partial charge in [-0.1, -0.05) is 0 Å². The fraction of sp³-hybridized carbons (Fsp3) is 0.875. The number of hydrogen-bond acceptors (Lipinski definition) is 5. The minimum atomic E-state index is -1.99. The Bertz CT molecular complexity index is 273. The highest BCUT2D eigenvalue weighted by Gasteiger charge is 2.64. The number of ether oxygens (including phenoxy) is 1. The van der Waals surface area contributed by atoms with Crippen molar-refractivity contribution in [2.24, 2.45) is 0 Å². The average Bonchev–Trinajstić information content (AvgIpc) is 2.81. The third-order valence-corrected chi connectivity index (χ3v) is 2.96. The lowest BCUT2D eigenvalue weighted by Crippen LogP contribution is -2.57. The largest absolute Gasteiger partial charge is 0.479 e. The van der Waals surface area contributed by atoms with Gasteiger partial charge in [0.15, 0.2) is 5.60 Å². The molecule has 6 nitrogen and oxygen atoms in total. The molecule has 1 saturated heterocycles. The van der Waals surface area contributed by atoms with Crippen molar-refractivity contribution in [1.29, 1.82) is 0 Å². The van der Waals surface area contributed by atoms with Gasteiger partial charge in [0.2, 0.25) is 0 Å². The number of hydrogen-bond donors (Lipinski definition) is 4.